The van der Waals surface area contributed by atoms with E-state index in [1.165, 1.54) is 5.56 Å². The summed E-state index contributed by atoms with van der Waals surface area (Å²) >= 11 is 0. The molecule has 114 valence electrons. The van der Waals surface area contributed by atoms with Gasteiger partial charge in [-0.25, -0.2) is 4.68 Å². The summed E-state index contributed by atoms with van der Waals surface area (Å²) in [6.07, 6.45) is 0. The Hall–Kier alpha value is -3.13. The minimum absolute atomic E-state index is 0.288. The second-order valence-corrected chi connectivity index (χ2v) is 5.31. The van der Waals surface area contributed by atoms with Gasteiger partial charge in [-0.2, -0.15) is 5.26 Å². The van der Waals surface area contributed by atoms with Crippen LogP contribution in [-0.2, 0) is 0 Å². The standard InChI is InChI=1S/C18H16N4O/c1-12-7-8-15(9-13(12)2)22-18(17(11-19)20-21-22)14-5-4-6-16(10-14)23-3/h4-10H,1-3H3. The average molecular weight is 304 g/mol. The van der Waals surface area contributed by atoms with Crippen molar-refractivity contribution >= 4 is 0 Å². The zero-order valence-corrected chi connectivity index (χ0v) is 13.2. The Balaban J connectivity index is 2.21. The number of hydrogen-bond donors (Lipinski definition) is 0. The Morgan fingerprint density at radius 2 is 1.91 bits per heavy atom. The molecule has 1 aromatic heterocycles. The van der Waals surface area contributed by atoms with Crippen LogP contribution < -0.4 is 4.74 Å². The zero-order valence-electron chi connectivity index (χ0n) is 13.2. The Morgan fingerprint density at radius 3 is 2.61 bits per heavy atom. The summed E-state index contributed by atoms with van der Waals surface area (Å²) < 4.78 is 6.97. The van der Waals surface area contributed by atoms with Gasteiger partial charge in [0.05, 0.1) is 12.8 Å². The number of nitrogens with zero attached hydrogens (tertiary/aromatic N) is 4. The number of aromatic nitrogens is 3. The van der Waals surface area contributed by atoms with E-state index in [4.69, 9.17) is 4.74 Å². The molecule has 23 heavy (non-hydrogen) atoms. The normalized spacial score (nSPS) is 10.3. The third-order valence-electron chi connectivity index (χ3n) is 3.85. The van der Waals surface area contributed by atoms with Crippen molar-refractivity contribution in [2.24, 2.45) is 0 Å². The fourth-order valence-corrected chi connectivity index (χ4v) is 2.42. The predicted octanol–water partition coefficient (Wildman–Crippen LogP) is 3.43. The van der Waals surface area contributed by atoms with Gasteiger partial charge in [-0.05, 0) is 49.2 Å². The predicted molar refractivity (Wildman–Crippen MR) is 87.5 cm³/mol. The summed E-state index contributed by atoms with van der Waals surface area (Å²) in [6, 6.07) is 15.7. The van der Waals surface area contributed by atoms with Gasteiger partial charge in [0.2, 0.25) is 0 Å². The molecule has 0 saturated carbocycles. The first-order valence-electron chi connectivity index (χ1n) is 7.22. The van der Waals surface area contributed by atoms with Crippen LogP contribution in [0.5, 0.6) is 5.75 Å². The molecular weight excluding hydrogens is 288 g/mol. The second-order valence-electron chi connectivity index (χ2n) is 5.31. The number of nitriles is 1. The van der Waals surface area contributed by atoms with Crippen molar-refractivity contribution in [2.45, 2.75) is 13.8 Å². The van der Waals surface area contributed by atoms with Crippen molar-refractivity contribution in [2.75, 3.05) is 7.11 Å². The molecule has 0 amide bonds. The minimum atomic E-state index is 0.288. The molecule has 0 bridgehead atoms. The Morgan fingerprint density at radius 1 is 1.09 bits per heavy atom. The van der Waals surface area contributed by atoms with Gasteiger partial charge in [0.25, 0.3) is 0 Å². The topological polar surface area (TPSA) is 63.7 Å². The summed E-state index contributed by atoms with van der Waals surface area (Å²) in [7, 11) is 1.61. The van der Waals surface area contributed by atoms with Crippen molar-refractivity contribution in [3.8, 4) is 28.8 Å². The highest BCUT2D eigenvalue weighted by Crippen LogP contribution is 2.28. The van der Waals surface area contributed by atoms with Crippen LogP contribution in [0.1, 0.15) is 16.8 Å². The first kappa shape index (κ1) is 14.8. The van der Waals surface area contributed by atoms with Gasteiger partial charge in [0.15, 0.2) is 5.69 Å². The van der Waals surface area contributed by atoms with Gasteiger partial charge in [0, 0.05) is 5.56 Å². The van der Waals surface area contributed by atoms with E-state index in [1.54, 1.807) is 11.8 Å². The fraction of sp³-hybridized carbons (Fsp3) is 0.167. The SMILES string of the molecule is COc1cccc(-c2c(C#N)nnn2-c2ccc(C)c(C)c2)c1. The lowest BCUT2D eigenvalue weighted by Gasteiger charge is -2.10. The number of benzene rings is 2. The van der Waals surface area contributed by atoms with E-state index in [0.29, 0.717) is 5.69 Å². The van der Waals surface area contributed by atoms with Gasteiger partial charge in [-0.3, -0.25) is 0 Å². The summed E-state index contributed by atoms with van der Waals surface area (Å²) in [5.41, 5.74) is 5.03. The van der Waals surface area contributed by atoms with Crippen molar-refractivity contribution in [1.29, 1.82) is 5.26 Å². The minimum Gasteiger partial charge on any atom is -0.497 e. The molecule has 0 atom stereocenters. The number of ether oxygens (including phenoxy) is 1. The first-order chi connectivity index (χ1) is 11.1. The molecular formula is C18H16N4O. The van der Waals surface area contributed by atoms with E-state index in [0.717, 1.165) is 22.6 Å². The zero-order chi connectivity index (χ0) is 16.4. The number of methoxy groups -OCH3 is 1. The van der Waals surface area contributed by atoms with E-state index < -0.39 is 0 Å². The van der Waals surface area contributed by atoms with E-state index >= 15 is 0 Å². The van der Waals surface area contributed by atoms with Crippen molar-refractivity contribution < 1.29 is 4.74 Å². The lowest BCUT2D eigenvalue weighted by atomic mass is 10.1. The van der Waals surface area contributed by atoms with Crippen LogP contribution in [0.2, 0.25) is 0 Å². The Labute approximate surface area is 134 Å². The maximum absolute atomic E-state index is 9.37. The van der Waals surface area contributed by atoms with E-state index in [1.807, 2.05) is 49.4 Å². The lowest BCUT2D eigenvalue weighted by Crippen LogP contribution is -2.01. The van der Waals surface area contributed by atoms with Crippen molar-refractivity contribution in [3.63, 3.8) is 0 Å². The van der Waals surface area contributed by atoms with Crippen LogP contribution in [0.3, 0.4) is 0 Å². The van der Waals surface area contributed by atoms with E-state index in [-0.39, 0.29) is 5.69 Å². The quantitative estimate of drug-likeness (QED) is 0.743. The van der Waals surface area contributed by atoms with Crippen LogP contribution in [0.25, 0.3) is 16.9 Å². The monoisotopic (exact) mass is 304 g/mol. The molecule has 0 spiro atoms. The summed E-state index contributed by atoms with van der Waals surface area (Å²) in [5, 5.41) is 17.5. The molecule has 0 aliphatic carbocycles. The average Bonchev–Trinajstić information content (AvgIpc) is 3.01. The number of aryl methyl sites for hydroxylation is 2. The van der Waals surface area contributed by atoms with Crippen LogP contribution in [-0.4, -0.2) is 22.1 Å². The van der Waals surface area contributed by atoms with Gasteiger partial charge in [-0.15, -0.1) is 5.10 Å². The van der Waals surface area contributed by atoms with E-state index in [2.05, 4.69) is 23.3 Å². The second kappa shape index (κ2) is 5.93. The highest BCUT2D eigenvalue weighted by Gasteiger charge is 2.17. The largest absolute Gasteiger partial charge is 0.497 e. The summed E-state index contributed by atoms with van der Waals surface area (Å²) in [5.74, 6) is 0.722. The van der Waals surface area contributed by atoms with Crippen molar-refractivity contribution in [1.82, 2.24) is 15.0 Å². The highest BCUT2D eigenvalue weighted by atomic mass is 16.5. The summed E-state index contributed by atoms with van der Waals surface area (Å²) in [4.78, 5) is 0. The maximum atomic E-state index is 9.37. The molecule has 0 aliphatic heterocycles. The molecule has 0 unspecified atom stereocenters. The Kier molecular flexibility index (Phi) is 3.82. The molecule has 0 radical (unpaired) electrons. The van der Waals surface area contributed by atoms with Crippen molar-refractivity contribution in [3.05, 3.63) is 59.3 Å². The molecule has 1 heterocycles. The number of hydrogen-bond acceptors (Lipinski definition) is 4. The van der Waals surface area contributed by atoms with Gasteiger partial charge < -0.3 is 4.74 Å². The molecule has 3 aromatic rings. The molecule has 0 saturated heterocycles. The molecule has 5 heteroatoms. The summed E-state index contributed by atoms with van der Waals surface area (Å²) in [6.45, 7) is 4.11. The maximum Gasteiger partial charge on any atom is 0.191 e. The molecule has 0 aliphatic rings. The first-order valence-corrected chi connectivity index (χ1v) is 7.22. The molecule has 0 N–H and O–H groups in total. The smallest absolute Gasteiger partial charge is 0.191 e. The van der Waals surface area contributed by atoms with Crippen LogP contribution in [0.15, 0.2) is 42.5 Å². The molecule has 3 rings (SSSR count). The Bertz CT molecular complexity index is 906. The van der Waals surface area contributed by atoms with Gasteiger partial charge >= 0.3 is 0 Å². The highest BCUT2D eigenvalue weighted by molar-refractivity contribution is 5.68. The third-order valence-corrected chi connectivity index (χ3v) is 3.85. The number of rotatable bonds is 3. The molecule has 2 aromatic carbocycles. The van der Waals surface area contributed by atoms with Crippen LogP contribution in [0, 0.1) is 25.2 Å². The lowest BCUT2D eigenvalue weighted by molar-refractivity contribution is 0.415. The molecule has 0 fully saturated rings. The third kappa shape index (κ3) is 2.67. The van der Waals surface area contributed by atoms with Crippen LogP contribution in [0.4, 0.5) is 0 Å². The molecule has 5 nitrogen and oxygen atoms in total. The van der Waals surface area contributed by atoms with E-state index in [9.17, 15) is 5.26 Å². The van der Waals surface area contributed by atoms with Gasteiger partial charge in [-0.1, -0.05) is 23.4 Å². The van der Waals surface area contributed by atoms with Crippen LogP contribution >= 0.6 is 0 Å². The fourth-order valence-electron chi connectivity index (χ4n) is 2.42. The van der Waals surface area contributed by atoms with Gasteiger partial charge in [0.1, 0.15) is 17.5 Å².